The molecular formula is C28H33NO4. The Hall–Kier alpha value is -2.08. The minimum absolute atomic E-state index is 0.0207. The fraction of sp³-hybridized carbons (Fsp3) is 0.571. The van der Waals surface area contributed by atoms with Crippen LogP contribution in [-0.4, -0.2) is 55.6 Å². The molecule has 0 aromatic heterocycles. The van der Waals surface area contributed by atoms with E-state index in [0.29, 0.717) is 6.04 Å². The van der Waals surface area contributed by atoms with Crippen molar-refractivity contribution in [1.29, 1.82) is 0 Å². The second kappa shape index (κ2) is 6.53. The van der Waals surface area contributed by atoms with Gasteiger partial charge in [0.2, 0.25) is 0 Å². The van der Waals surface area contributed by atoms with Gasteiger partial charge in [-0.15, -0.1) is 0 Å². The first-order valence-corrected chi connectivity index (χ1v) is 12.4. The van der Waals surface area contributed by atoms with E-state index in [2.05, 4.69) is 24.1 Å². The summed E-state index contributed by atoms with van der Waals surface area (Å²) in [7, 11) is 5.86. The van der Waals surface area contributed by atoms with E-state index in [-0.39, 0.29) is 22.9 Å². The summed E-state index contributed by atoms with van der Waals surface area (Å²) in [6.45, 7) is 1.06. The molecule has 2 aliphatic heterocycles. The molecule has 0 unspecified atom stereocenters. The number of piperidine rings is 1. The predicted molar refractivity (Wildman–Crippen MR) is 125 cm³/mol. The van der Waals surface area contributed by atoms with Gasteiger partial charge < -0.3 is 24.2 Å². The number of nitrogens with zero attached hydrogens (tertiary/aromatic N) is 1. The van der Waals surface area contributed by atoms with Crippen molar-refractivity contribution in [3.63, 3.8) is 0 Å². The Morgan fingerprint density at radius 3 is 2.67 bits per heavy atom. The second-order valence-corrected chi connectivity index (χ2v) is 11.0. The van der Waals surface area contributed by atoms with Crippen molar-refractivity contribution in [3.05, 3.63) is 59.2 Å². The molecule has 2 aromatic carbocycles. The third-order valence-electron chi connectivity index (χ3n) is 10.4. The van der Waals surface area contributed by atoms with Crippen molar-refractivity contribution in [1.82, 2.24) is 4.90 Å². The number of ether oxygens (including phenoxy) is 3. The number of likely N-dealkylation sites (N-methyl/N-ethyl adjacent to an activating group) is 1. The lowest BCUT2D eigenvalue weighted by atomic mass is 9.34. The lowest BCUT2D eigenvalue weighted by Gasteiger charge is -2.74. The molecule has 4 bridgehead atoms. The SMILES string of the molecule is COc1ccc2c3c1O[C@H]1[C@@]4(OC)CC[C@@]5(C[C@H]4[C@H](O)c4ccccc4)[C@@H](C2)N(C)CC[C@]315. The molecule has 33 heavy (non-hydrogen) atoms. The van der Waals surface area contributed by atoms with Gasteiger partial charge >= 0.3 is 0 Å². The highest BCUT2D eigenvalue weighted by atomic mass is 16.6. The summed E-state index contributed by atoms with van der Waals surface area (Å²) >= 11 is 0. The minimum Gasteiger partial charge on any atom is -0.493 e. The fourth-order valence-corrected chi connectivity index (χ4v) is 9.14. The van der Waals surface area contributed by atoms with Crippen LogP contribution in [0.15, 0.2) is 42.5 Å². The lowest BCUT2D eigenvalue weighted by molar-refractivity contribution is -0.289. The molecule has 0 amide bonds. The van der Waals surface area contributed by atoms with Gasteiger partial charge in [0.1, 0.15) is 11.7 Å². The lowest BCUT2D eigenvalue weighted by Crippen LogP contribution is -2.81. The van der Waals surface area contributed by atoms with Gasteiger partial charge in [0.15, 0.2) is 11.5 Å². The third kappa shape index (κ3) is 2.12. The number of aliphatic hydroxyl groups is 1. The number of aliphatic hydroxyl groups excluding tert-OH is 1. The van der Waals surface area contributed by atoms with Crippen molar-refractivity contribution in [2.24, 2.45) is 11.3 Å². The Morgan fingerprint density at radius 1 is 1.09 bits per heavy atom. The van der Waals surface area contributed by atoms with E-state index in [4.69, 9.17) is 14.2 Å². The highest BCUT2D eigenvalue weighted by Gasteiger charge is 2.81. The summed E-state index contributed by atoms with van der Waals surface area (Å²) in [5, 5.41) is 11.8. The highest BCUT2D eigenvalue weighted by Crippen LogP contribution is 2.77. The zero-order valence-corrected chi connectivity index (χ0v) is 19.7. The average molecular weight is 448 g/mol. The molecule has 2 aromatic rings. The maximum atomic E-state index is 11.8. The van der Waals surface area contributed by atoms with Crippen LogP contribution in [-0.2, 0) is 16.6 Å². The maximum Gasteiger partial charge on any atom is 0.165 e. The number of methoxy groups -OCH3 is 2. The van der Waals surface area contributed by atoms with Crippen LogP contribution in [0.25, 0.3) is 0 Å². The van der Waals surface area contributed by atoms with Crippen LogP contribution in [0.1, 0.15) is 48.5 Å². The molecule has 4 fully saturated rings. The van der Waals surface area contributed by atoms with Crippen LogP contribution in [0.4, 0.5) is 0 Å². The normalized spacial score (nSPS) is 40.8. The van der Waals surface area contributed by atoms with E-state index < -0.39 is 11.7 Å². The average Bonchev–Trinajstić information content (AvgIpc) is 3.23. The summed E-state index contributed by atoms with van der Waals surface area (Å²) in [5.74, 6) is 1.74. The van der Waals surface area contributed by atoms with Gasteiger partial charge in [0.05, 0.1) is 13.2 Å². The van der Waals surface area contributed by atoms with Crippen LogP contribution in [0.3, 0.4) is 0 Å². The molecule has 5 heteroatoms. The highest BCUT2D eigenvalue weighted by molar-refractivity contribution is 5.63. The number of benzene rings is 2. The van der Waals surface area contributed by atoms with E-state index in [1.54, 1.807) is 7.11 Å². The number of hydrogen-bond acceptors (Lipinski definition) is 5. The van der Waals surface area contributed by atoms with E-state index in [9.17, 15) is 5.11 Å². The molecule has 5 nitrogen and oxygen atoms in total. The summed E-state index contributed by atoms with van der Waals surface area (Å²) < 4.78 is 19.3. The smallest absolute Gasteiger partial charge is 0.165 e. The summed E-state index contributed by atoms with van der Waals surface area (Å²) in [4.78, 5) is 2.59. The van der Waals surface area contributed by atoms with E-state index in [0.717, 1.165) is 55.7 Å². The van der Waals surface area contributed by atoms with Gasteiger partial charge in [0, 0.05) is 35.5 Å². The third-order valence-corrected chi connectivity index (χ3v) is 10.4. The number of hydrogen-bond donors (Lipinski definition) is 1. The molecule has 174 valence electrons. The van der Waals surface area contributed by atoms with Crippen LogP contribution in [0.5, 0.6) is 11.5 Å². The molecule has 7 atom stereocenters. The predicted octanol–water partition coefficient (Wildman–Crippen LogP) is 3.87. The van der Waals surface area contributed by atoms with Crippen molar-refractivity contribution < 1.29 is 19.3 Å². The quantitative estimate of drug-likeness (QED) is 0.771. The Labute approximate surface area is 195 Å². The fourth-order valence-electron chi connectivity index (χ4n) is 9.14. The van der Waals surface area contributed by atoms with Gasteiger partial charge in [-0.2, -0.15) is 0 Å². The van der Waals surface area contributed by atoms with Gasteiger partial charge in [0.25, 0.3) is 0 Å². The Bertz CT molecular complexity index is 1120. The number of fused-ring (bicyclic) bond motifs is 2. The van der Waals surface area contributed by atoms with Crippen molar-refractivity contribution in [2.75, 3.05) is 27.8 Å². The molecule has 2 heterocycles. The molecule has 6 aliphatic rings. The van der Waals surface area contributed by atoms with Crippen LogP contribution in [0, 0.1) is 11.3 Å². The molecule has 3 saturated carbocycles. The Morgan fingerprint density at radius 2 is 1.91 bits per heavy atom. The van der Waals surface area contributed by atoms with Gasteiger partial charge in [-0.05, 0) is 62.9 Å². The first-order chi connectivity index (χ1) is 16.0. The molecular weight excluding hydrogens is 414 g/mol. The van der Waals surface area contributed by atoms with Crippen molar-refractivity contribution in [3.8, 4) is 11.5 Å². The van der Waals surface area contributed by atoms with Gasteiger partial charge in [-0.1, -0.05) is 36.4 Å². The Kier molecular flexibility index (Phi) is 4.02. The van der Waals surface area contributed by atoms with E-state index in [1.807, 2.05) is 37.4 Å². The first-order valence-electron chi connectivity index (χ1n) is 12.4. The summed E-state index contributed by atoms with van der Waals surface area (Å²) in [6, 6.07) is 14.9. The van der Waals surface area contributed by atoms with E-state index in [1.165, 1.54) is 11.1 Å². The van der Waals surface area contributed by atoms with Gasteiger partial charge in [-0.25, -0.2) is 0 Å². The monoisotopic (exact) mass is 447 g/mol. The van der Waals surface area contributed by atoms with Crippen LogP contribution >= 0.6 is 0 Å². The molecule has 4 aliphatic carbocycles. The van der Waals surface area contributed by atoms with Crippen LogP contribution in [0.2, 0.25) is 0 Å². The van der Waals surface area contributed by atoms with Crippen LogP contribution < -0.4 is 9.47 Å². The Balaban J connectivity index is 1.48. The first kappa shape index (κ1) is 20.3. The summed E-state index contributed by atoms with van der Waals surface area (Å²) in [6.07, 6.45) is 4.41. The minimum atomic E-state index is -0.581. The zero-order valence-electron chi connectivity index (χ0n) is 19.7. The molecule has 8 rings (SSSR count). The standard InChI is InChI=1S/C28H33NO4/c1-29-14-13-27-22-18-9-10-20(31-2)24(22)33-25(27)28(32-3)12-11-26(27,21(29)15-18)16-19(28)23(30)17-7-5-4-6-8-17/h4-10,19,21,23,25,30H,11-16H2,1-3H3/t19-,21+,23+,25+,26+,27-,28+/m0/s1. The largest absolute Gasteiger partial charge is 0.493 e. The zero-order chi connectivity index (χ0) is 22.6. The molecule has 1 saturated heterocycles. The molecule has 1 N–H and O–H groups in total. The van der Waals surface area contributed by atoms with E-state index >= 15 is 0 Å². The number of likely N-dealkylation sites (tertiary alicyclic amines) is 1. The molecule has 0 radical (unpaired) electrons. The molecule has 2 spiro atoms. The number of rotatable bonds is 4. The van der Waals surface area contributed by atoms with Crippen molar-refractivity contribution >= 4 is 0 Å². The summed E-state index contributed by atoms with van der Waals surface area (Å²) in [5.41, 5.74) is 3.23. The maximum absolute atomic E-state index is 11.8. The van der Waals surface area contributed by atoms with Gasteiger partial charge in [-0.3, -0.25) is 0 Å². The topological polar surface area (TPSA) is 51.2 Å². The van der Waals surface area contributed by atoms with Crippen molar-refractivity contribution in [2.45, 2.75) is 61.4 Å². The second-order valence-electron chi connectivity index (χ2n) is 11.0.